The maximum absolute atomic E-state index is 8.44. The minimum atomic E-state index is -2.08. The molecule has 0 saturated heterocycles. The van der Waals surface area contributed by atoms with Gasteiger partial charge in [0.2, 0.25) is 6.16 Å². The van der Waals surface area contributed by atoms with E-state index in [1.54, 1.807) is 0 Å². The first-order valence-electron chi connectivity index (χ1n) is 19.7. The van der Waals surface area contributed by atoms with Crippen LogP contribution in [0.1, 0.15) is 119 Å². The second kappa shape index (κ2) is 27.7. The normalized spacial score (nSPS) is 10.7. The summed E-state index contributed by atoms with van der Waals surface area (Å²) in [5.74, 6) is 4.66. The summed E-state index contributed by atoms with van der Waals surface area (Å²) in [6.07, 6.45) is 9.97. The summed E-state index contributed by atoms with van der Waals surface area (Å²) in [7, 11) is -0.725. The molecule has 0 saturated carbocycles. The molecule has 0 radical (unpaired) electrons. The number of carbonyl (C=O) groups is 1. The summed E-state index contributed by atoms with van der Waals surface area (Å²) >= 11 is 0. The Morgan fingerprint density at radius 2 is 0.774 bits per heavy atom. The first-order chi connectivity index (χ1) is 25.8. The molecule has 3 aromatic carbocycles. The lowest BCUT2D eigenvalue weighted by Gasteiger charge is -2.22. The van der Waals surface area contributed by atoms with Crippen molar-refractivity contribution in [2.75, 3.05) is 39.6 Å². The highest BCUT2D eigenvalue weighted by atomic mass is 32.2. The summed E-state index contributed by atoms with van der Waals surface area (Å²) in [4.78, 5) is 11.5. The average molecular weight is 757 g/mol. The molecule has 0 heterocycles. The zero-order chi connectivity index (χ0) is 38.7. The van der Waals surface area contributed by atoms with E-state index < -0.39 is 17.1 Å². The molecule has 0 unspecified atom stereocenters. The Morgan fingerprint density at radius 1 is 0.509 bits per heavy atom. The van der Waals surface area contributed by atoms with E-state index in [0.717, 1.165) is 126 Å². The molecule has 0 aliphatic rings. The predicted octanol–water partition coefficient (Wildman–Crippen LogP) is 10.7. The van der Waals surface area contributed by atoms with Crippen LogP contribution >= 0.6 is 0 Å². The second-order valence-corrected chi connectivity index (χ2v) is 14.5. The van der Waals surface area contributed by atoms with Crippen molar-refractivity contribution >= 4 is 17.1 Å². The van der Waals surface area contributed by atoms with Gasteiger partial charge >= 0.3 is 0 Å². The van der Waals surface area contributed by atoms with Crippen LogP contribution in [0, 0.1) is 0 Å². The van der Waals surface area contributed by atoms with E-state index in [1.165, 1.54) is 0 Å². The first kappa shape index (κ1) is 45.2. The van der Waals surface area contributed by atoms with E-state index in [1.807, 2.05) is 0 Å². The van der Waals surface area contributed by atoms with Gasteiger partial charge in [0.15, 0.2) is 27.9 Å². The number of carboxylic acid groups (broad SMARTS) is 2. The first-order valence-corrected chi connectivity index (χ1v) is 20.9. The Bertz CT molecular complexity index is 1270. The lowest BCUT2D eigenvalue weighted by Crippen LogP contribution is -2.17. The minimum absolute atomic E-state index is 0.603. The molecule has 0 aliphatic heterocycles. The summed E-state index contributed by atoms with van der Waals surface area (Å²) in [6, 6.07) is 18.9. The molecule has 0 amide bonds. The van der Waals surface area contributed by atoms with Crippen molar-refractivity contribution in [3.8, 4) is 34.5 Å². The molecule has 0 fully saturated rings. The van der Waals surface area contributed by atoms with Gasteiger partial charge in [-0.15, -0.1) is 0 Å². The van der Waals surface area contributed by atoms with Gasteiger partial charge < -0.3 is 43.4 Å². The summed E-state index contributed by atoms with van der Waals surface area (Å²) in [5, 5.41) is 15.3. The van der Waals surface area contributed by atoms with E-state index in [0.29, 0.717) is 39.6 Å². The lowest BCUT2D eigenvalue weighted by molar-refractivity contribution is -0.275. The zero-order valence-corrected chi connectivity index (χ0v) is 33.9. The van der Waals surface area contributed by atoms with Crippen molar-refractivity contribution in [3.05, 3.63) is 54.6 Å². The van der Waals surface area contributed by atoms with E-state index >= 15 is 0 Å². The van der Waals surface area contributed by atoms with E-state index in [4.69, 9.17) is 43.4 Å². The zero-order valence-electron chi connectivity index (χ0n) is 33.0. The van der Waals surface area contributed by atoms with Gasteiger partial charge in [-0.2, -0.15) is 0 Å². The van der Waals surface area contributed by atoms with Gasteiger partial charge in [0.05, 0.1) is 39.6 Å². The van der Waals surface area contributed by atoms with Crippen molar-refractivity contribution < 1.29 is 43.4 Å². The third-order valence-electron chi connectivity index (χ3n) is 7.93. The van der Waals surface area contributed by atoms with Crippen molar-refractivity contribution in [1.29, 1.82) is 0 Å². The Kier molecular flexibility index (Phi) is 23.6. The number of unbranched alkanes of at least 4 members (excludes halogenated alkanes) is 6. The Hall–Kier alpha value is -3.92. The maximum Gasteiger partial charge on any atom is 0.250 e. The third-order valence-corrected chi connectivity index (χ3v) is 10.3. The molecule has 9 nitrogen and oxygen atoms in total. The summed E-state index contributed by atoms with van der Waals surface area (Å²) in [6.45, 7) is 16.8. The molecule has 53 heavy (non-hydrogen) atoms. The van der Waals surface area contributed by atoms with E-state index in [9.17, 15) is 0 Å². The van der Waals surface area contributed by atoms with Gasteiger partial charge in [0.25, 0.3) is 9.79 Å². The summed E-state index contributed by atoms with van der Waals surface area (Å²) < 4.78 is 39.4. The number of rotatable bonds is 27. The fraction of sp³-hybridized carbons (Fsp3) is 0.558. The van der Waals surface area contributed by atoms with E-state index in [2.05, 4.69) is 96.1 Å². The third kappa shape index (κ3) is 16.7. The van der Waals surface area contributed by atoms with Crippen molar-refractivity contribution in [2.45, 2.75) is 133 Å². The fourth-order valence-corrected chi connectivity index (χ4v) is 7.35. The number of benzene rings is 3. The molecule has 0 aromatic heterocycles. The highest BCUT2D eigenvalue weighted by molar-refractivity contribution is 7.97. The van der Waals surface area contributed by atoms with Gasteiger partial charge in [-0.1, -0.05) is 98.3 Å². The van der Waals surface area contributed by atoms with Crippen LogP contribution in [0.3, 0.4) is 0 Å². The summed E-state index contributed by atoms with van der Waals surface area (Å²) in [5.41, 5.74) is 0. The van der Waals surface area contributed by atoms with Crippen molar-refractivity contribution in [1.82, 2.24) is 0 Å². The second-order valence-electron chi connectivity index (χ2n) is 12.6. The Balaban J connectivity index is 0.00000231. The van der Waals surface area contributed by atoms with Crippen LogP contribution in [0.5, 0.6) is 34.5 Å². The van der Waals surface area contributed by atoms with Gasteiger partial charge in [0, 0.05) is 24.3 Å². The largest absolute Gasteiger partial charge is 0.565 e. The Morgan fingerprint density at radius 3 is 1.04 bits per heavy atom. The number of hydrogen-bond donors (Lipinski definition) is 1. The van der Waals surface area contributed by atoms with Gasteiger partial charge in [-0.3, -0.25) is 0 Å². The SMILES string of the molecule is CCCCOc1cc(OCCCC)c([S+](c2ccccc2)c2c(OCCCC)cc(OCCCC)cc2OCCCC)c(OCCCC)c1.O=C([O-])O. The molecule has 3 aromatic rings. The minimum Gasteiger partial charge on any atom is -0.565 e. The topological polar surface area (TPSA) is 116 Å². The Labute approximate surface area is 321 Å². The number of hydrogen-bond acceptors (Lipinski definition) is 8. The van der Waals surface area contributed by atoms with Gasteiger partial charge in [0.1, 0.15) is 22.4 Å². The van der Waals surface area contributed by atoms with Crippen LogP contribution in [0.15, 0.2) is 69.3 Å². The quantitative estimate of drug-likeness (QED) is 0.0599. The highest BCUT2D eigenvalue weighted by Gasteiger charge is 2.42. The molecule has 10 heteroatoms. The maximum atomic E-state index is 8.44. The number of ether oxygens (including phenoxy) is 6. The molecule has 0 spiro atoms. The molecule has 0 aliphatic carbocycles. The van der Waals surface area contributed by atoms with Crippen LogP contribution in [0.2, 0.25) is 0 Å². The average Bonchev–Trinajstić information content (AvgIpc) is 3.14. The predicted molar refractivity (Wildman–Crippen MR) is 212 cm³/mol. The molecule has 0 atom stereocenters. The van der Waals surface area contributed by atoms with E-state index in [-0.39, 0.29) is 0 Å². The van der Waals surface area contributed by atoms with Crippen LogP contribution in [-0.4, -0.2) is 50.9 Å². The highest BCUT2D eigenvalue weighted by Crippen LogP contribution is 2.51. The van der Waals surface area contributed by atoms with Crippen molar-refractivity contribution in [3.63, 3.8) is 0 Å². The smallest absolute Gasteiger partial charge is 0.250 e. The van der Waals surface area contributed by atoms with Crippen molar-refractivity contribution in [2.24, 2.45) is 0 Å². The van der Waals surface area contributed by atoms with Crippen LogP contribution < -0.4 is 33.5 Å². The molecule has 3 rings (SSSR count). The lowest BCUT2D eigenvalue weighted by atomic mass is 10.2. The van der Waals surface area contributed by atoms with Gasteiger partial charge in [-0.25, -0.2) is 0 Å². The fourth-order valence-electron chi connectivity index (χ4n) is 4.97. The standard InChI is InChI=1S/C42H63O6S.CH2O3/c1-7-13-24-43-34-30-37(45-26-15-9-3)41(38(31-34)46-27-16-10-4)49(36-22-20-19-21-23-36)42-39(47-28-17-11-5)32-35(44-25-14-8-2)33-40(42)48-29-18-12-6;2-1(3)4/h19-23,30-33H,7-18,24-29H2,1-6H3;(H2,2,3,4)/q+1;/p-1. The molecular formula is C43H64O9S. The van der Waals surface area contributed by atoms with Crippen LogP contribution in [0.25, 0.3) is 0 Å². The molecular weight excluding hydrogens is 693 g/mol. The molecule has 296 valence electrons. The monoisotopic (exact) mass is 756 g/mol. The molecule has 0 bridgehead atoms. The molecule has 1 N–H and O–H groups in total. The van der Waals surface area contributed by atoms with Crippen LogP contribution in [0.4, 0.5) is 4.79 Å². The van der Waals surface area contributed by atoms with Gasteiger partial charge in [-0.05, 0) is 50.7 Å². The van der Waals surface area contributed by atoms with Crippen LogP contribution in [-0.2, 0) is 10.9 Å².